The first-order valence-corrected chi connectivity index (χ1v) is 8.85. The first kappa shape index (κ1) is 16.1. The van der Waals surface area contributed by atoms with E-state index in [1.165, 1.54) is 4.88 Å². The number of nitrogens with one attached hydrogen (secondary N) is 1. The lowest BCUT2D eigenvalue weighted by Gasteiger charge is -2.31. The molecule has 5 nitrogen and oxygen atoms in total. The highest BCUT2D eigenvalue weighted by Crippen LogP contribution is 2.22. The molecule has 2 aromatic rings. The summed E-state index contributed by atoms with van der Waals surface area (Å²) in [6.07, 6.45) is 1.99. The predicted octanol–water partition coefficient (Wildman–Crippen LogP) is 3.01. The molecule has 1 aliphatic rings. The van der Waals surface area contributed by atoms with Crippen molar-refractivity contribution in [3.05, 3.63) is 40.0 Å². The van der Waals surface area contributed by atoms with Gasteiger partial charge in [0.15, 0.2) is 0 Å². The van der Waals surface area contributed by atoms with Crippen LogP contribution in [0.2, 0.25) is 0 Å². The van der Waals surface area contributed by atoms with Crippen LogP contribution in [0, 0.1) is 19.8 Å². The number of rotatable bonds is 4. The van der Waals surface area contributed by atoms with E-state index in [1.54, 1.807) is 11.3 Å². The van der Waals surface area contributed by atoms with Gasteiger partial charge in [-0.1, -0.05) is 6.07 Å². The predicted molar refractivity (Wildman–Crippen MR) is 92.5 cm³/mol. The summed E-state index contributed by atoms with van der Waals surface area (Å²) < 4.78 is 0. The zero-order valence-electron chi connectivity index (χ0n) is 13.6. The molecule has 1 amide bonds. The number of nitrogens with zero attached hydrogens (tertiary/aromatic N) is 3. The number of aromatic nitrogens is 2. The monoisotopic (exact) mass is 330 g/mol. The van der Waals surface area contributed by atoms with Crippen molar-refractivity contribution in [2.75, 3.05) is 18.4 Å². The number of pyridine rings is 1. The van der Waals surface area contributed by atoms with Crippen molar-refractivity contribution in [1.82, 2.24) is 14.9 Å². The third kappa shape index (κ3) is 4.14. The average Bonchev–Trinajstić information content (AvgIpc) is 2.93. The minimum atomic E-state index is 0.0271. The normalized spacial score (nSPS) is 18.8. The summed E-state index contributed by atoms with van der Waals surface area (Å²) in [6, 6.07) is 5.68. The molecule has 0 saturated carbocycles. The van der Waals surface area contributed by atoms with Crippen LogP contribution in [0.5, 0.6) is 0 Å². The van der Waals surface area contributed by atoms with Crippen molar-refractivity contribution in [3.8, 4) is 0 Å². The Hall–Kier alpha value is -1.79. The molecule has 6 heteroatoms. The van der Waals surface area contributed by atoms with Crippen LogP contribution in [-0.4, -0.2) is 33.9 Å². The molecule has 0 radical (unpaired) electrons. The Balaban J connectivity index is 1.59. The Morgan fingerprint density at radius 3 is 3.04 bits per heavy atom. The van der Waals surface area contributed by atoms with E-state index in [1.807, 2.05) is 37.6 Å². The number of anilines is 1. The van der Waals surface area contributed by atoms with Gasteiger partial charge in [0.2, 0.25) is 5.91 Å². The molecule has 3 rings (SSSR count). The number of likely N-dealkylation sites (tertiary alicyclic amines) is 1. The molecule has 1 fully saturated rings. The minimum Gasteiger partial charge on any atom is -0.310 e. The Morgan fingerprint density at radius 2 is 2.30 bits per heavy atom. The third-order valence-electron chi connectivity index (χ3n) is 4.23. The standard InChI is InChI=1S/C17H22N4OS/c1-12-5-3-7-16(19-12)20-17(22)14-6-4-8-21(9-14)10-15-13(2)18-11-23-15/h3,5,7,11,14H,4,6,8-10H2,1-2H3,(H,19,20,22)/t14-/m1/s1. The molecule has 2 aromatic heterocycles. The SMILES string of the molecule is Cc1cccc(NC(=O)[C@@H]2CCCN(Cc3scnc3C)C2)n1. The highest BCUT2D eigenvalue weighted by Gasteiger charge is 2.26. The molecule has 0 bridgehead atoms. The van der Waals surface area contributed by atoms with E-state index in [0.29, 0.717) is 5.82 Å². The van der Waals surface area contributed by atoms with Gasteiger partial charge in [-0.05, 0) is 45.4 Å². The van der Waals surface area contributed by atoms with Crippen molar-refractivity contribution in [3.63, 3.8) is 0 Å². The summed E-state index contributed by atoms with van der Waals surface area (Å²) in [4.78, 5) is 24.8. The number of amides is 1. The van der Waals surface area contributed by atoms with E-state index >= 15 is 0 Å². The maximum absolute atomic E-state index is 12.5. The van der Waals surface area contributed by atoms with Crippen LogP contribution in [0.25, 0.3) is 0 Å². The van der Waals surface area contributed by atoms with Crippen LogP contribution in [0.4, 0.5) is 5.82 Å². The molecule has 1 atom stereocenters. The van der Waals surface area contributed by atoms with Crippen LogP contribution in [0.3, 0.4) is 0 Å². The number of aryl methyl sites for hydroxylation is 2. The lowest BCUT2D eigenvalue weighted by molar-refractivity contribution is -0.121. The number of thiazole rings is 1. The first-order valence-electron chi connectivity index (χ1n) is 7.97. The zero-order chi connectivity index (χ0) is 16.2. The Labute approximate surface area is 140 Å². The zero-order valence-corrected chi connectivity index (χ0v) is 14.4. The molecule has 122 valence electrons. The molecular formula is C17H22N4OS. The highest BCUT2D eigenvalue weighted by molar-refractivity contribution is 7.09. The molecule has 1 N–H and O–H groups in total. The van der Waals surface area contributed by atoms with E-state index in [9.17, 15) is 4.79 Å². The third-order valence-corrected chi connectivity index (χ3v) is 5.15. The molecule has 23 heavy (non-hydrogen) atoms. The van der Waals surface area contributed by atoms with Gasteiger partial charge in [-0.25, -0.2) is 9.97 Å². The second kappa shape index (κ2) is 7.19. The Bertz CT molecular complexity index is 685. The molecule has 0 aliphatic carbocycles. The van der Waals surface area contributed by atoms with Gasteiger partial charge in [0.25, 0.3) is 0 Å². The average molecular weight is 330 g/mol. The smallest absolute Gasteiger partial charge is 0.229 e. The molecule has 1 saturated heterocycles. The van der Waals surface area contributed by atoms with Crippen molar-refractivity contribution in [2.24, 2.45) is 5.92 Å². The lowest BCUT2D eigenvalue weighted by atomic mass is 9.97. The summed E-state index contributed by atoms with van der Waals surface area (Å²) in [7, 11) is 0. The fourth-order valence-corrected chi connectivity index (χ4v) is 3.75. The molecule has 3 heterocycles. The van der Waals surface area contributed by atoms with Crippen LogP contribution < -0.4 is 5.32 Å². The minimum absolute atomic E-state index is 0.0271. The second-order valence-electron chi connectivity index (χ2n) is 6.09. The number of hydrogen-bond acceptors (Lipinski definition) is 5. The van der Waals surface area contributed by atoms with Gasteiger partial charge in [0.1, 0.15) is 5.82 Å². The molecule has 0 aromatic carbocycles. The summed E-state index contributed by atoms with van der Waals surface area (Å²) in [5, 5.41) is 2.96. The van der Waals surface area contributed by atoms with Gasteiger partial charge in [0.05, 0.1) is 17.1 Å². The maximum atomic E-state index is 12.5. The Kier molecular flexibility index (Phi) is 5.03. The fraction of sp³-hybridized carbons (Fsp3) is 0.471. The lowest BCUT2D eigenvalue weighted by Crippen LogP contribution is -2.40. The number of carbonyl (C=O) groups excluding carboxylic acids is 1. The van der Waals surface area contributed by atoms with Gasteiger partial charge in [-0.15, -0.1) is 11.3 Å². The largest absolute Gasteiger partial charge is 0.310 e. The van der Waals surface area contributed by atoms with Crippen LogP contribution >= 0.6 is 11.3 Å². The summed E-state index contributed by atoms with van der Waals surface area (Å²) in [6.45, 7) is 6.71. The van der Waals surface area contributed by atoms with Crippen molar-refractivity contribution < 1.29 is 4.79 Å². The highest BCUT2D eigenvalue weighted by atomic mass is 32.1. The number of piperidine rings is 1. The molecular weight excluding hydrogens is 308 g/mol. The fourth-order valence-electron chi connectivity index (χ4n) is 2.94. The molecule has 0 spiro atoms. The van der Waals surface area contributed by atoms with E-state index < -0.39 is 0 Å². The van der Waals surface area contributed by atoms with Crippen molar-refractivity contribution in [1.29, 1.82) is 0 Å². The van der Waals surface area contributed by atoms with Crippen LogP contribution in [0.1, 0.15) is 29.1 Å². The summed E-state index contributed by atoms with van der Waals surface area (Å²) in [5.41, 5.74) is 3.90. The van der Waals surface area contributed by atoms with Crippen LogP contribution in [0.15, 0.2) is 23.7 Å². The number of hydrogen-bond donors (Lipinski definition) is 1. The quantitative estimate of drug-likeness (QED) is 0.936. The van der Waals surface area contributed by atoms with Crippen molar-refractivity contribution >= 4 is 23.1 Å². The van der Waals surface area contributed by atoms with Gasteiger partial charge >= 0.3 is 0 Å². The Morgan fingerprint density at radius 1 is 1.43 bits per heavy atom. The number of carbonyl (C=O) groups is 1. The molecule has 0 unspecified atom stereocenters. The summed E-state index contributed by atoms with van der Waals surface area (Å²) in [5.74, 6) is 0.749. The molecule has 1 aliphatic heterocycles. The maximum Gasteiger partial charge on any atom is 0.229 e. The van der Waals surface area contributed by atoms with Gasteiger partial charge in [-0.2, -0.15) is 0 Å². The first-order chi connectivity index (χ1) is 11.1. The van der Waals surface area contributed by atoms with Crippen molar-refractivity contribution in [2.45, 2.75) is 33.2 Å². The van der Waals surface area contributed by atoms with Crippen LogP contribution in [-0.2, 0) is 11.3 Å². The van der Waals surface area contributed by atoms with E-state index in [-0.39, 0.29) is 11.8 Å². The topological polar surface area (TPSA) is 58.1 Å². The van der Waals surface area contributed by atoms with Gasteiger partial charge in [0, 0.05) is 23.7 Å². The van der Waals surface area contributed by atoms with E-state index in [4.69, 9.17) is 0 Å². The van der Waals surface area contributed by atoms with E-state index in [0.717, 1.165) is 43.9 Å². The van der Waals surface area contributed by atoms with Gasteiger partial charge in [-0.3, -0.25) is 9.69 Å². The van der Waals surface area contributed by atoms with Gasteiger partial charge < -0.3 is 5.32 Å². The van der Waals surface area contributed by atoms with E-state index in [2.05, 4.69) is 20.2 Å². The summed E-state index contributed by atoms with van der Waals surface area (Å²) >= 11 is 1.69. The second-order valence-corrected chi connectivity index (χ2v) is 7.03.